The monoisotopic (exact) mass is 281 g/mol. The molecule has 1 rings (SSSR count). The van der Waals surface area contributed by atoms with Crippen LogP contribution in [0.3, 0.4) is 0 Å². The van der Waals surface area contributed by atoms with E-state index in [0.717, 1.165) is 6.54 Å². The summed E-state index contributed by atoms with van der Waals surface area (Å²) in [7, 11) is 0. The Morgan fingerprint density at radius 3 is 1.75 bits per heavy atom. The van der Waals surface area contributed by atoms with E-state index in [-0.39, 0.29) is 0 Å². The Morgan fingerprint density at radius 2 is 1.35 bits per heavy atom. The highest BCUT2D eigenvalue weighted by molar-refractivity contribution is 5.14. The third-order valence-electron chi connectivity index (χ3n) is 2.34. The molecule has 1 aromatic carbocycles. The molecule has 0 aliphatic carbocycles. The van der Waals surface area contributed by atoms with Gasteiger partial charge in [0.2, 0.25) is 0 Å². The Labute approximate surface area is 129 Å². The Kier molecular flexibility index (Phi) is 32.3. The summed E-state index contributed by atoms with van der Waals surface area (Å²) in [5.41, 5.74) is 1.44. The number of nitrogens with one attached hydrogen (secondary N) is 1. The molecule has 0 heterocycles. The summed E-state index contributed by atoms with van der Waals surface area (Å²) in [6, 6.07) is 10.6. The minimum absolute atomic E-state index is 1.11. The van der Waals surface area contributed by atoms with Crippen molar-refractivity contribution in [2.24, 2.45) is 0 Å². The van der Waals surface area contributed by atoms with E-state index in [1.165, 1.54) is 37.8 Å². The van der Waals surface area contributed by atoms with Gasteiger partial charge in [-0.3, -0.25) is 0 Å². The predicted octanol–water partition coefficient (Wildman–Crippen LogP) is 6.09. The van der Waals surface area contributed by atoms with Crippen LogP contribution in [0.4, 0.5) is 0 Å². The van der Waals surface area contributed by atoms with Crippen molar-refractivity contribution in [2.45, 2.75) is 74.1 Å². The number of unbranched alkanes of at least 4 members (excludes halogenated alkanes) is 1. The van der Waals surface area contributed by atoms with E-state index < -0.39 is 0 Å². The van der Waals surface area contributed by atoms with Gasteiger partial charge in [-0.1, -0.05) is 91.6 Å². The highest BCUT2D eigenvalue weighted by Gasteiger charge is 1.84. The maximum Gasteiger partial charge on any atom is -0.00491 e. The minimum atomic E-state index is 1.11. The lowest BCUT2D eigenvalue weighted by Crippen LogP contribution is -2.13. The molecular weight excluding hydrogens is 242 g/mol. The van der Waals surface area contributed by atoms with E-state index in [2.05, 4.69) is 56.4 Å². The van der Waals surface area contributed by atoms with Crippen LogP contribution < -0.4 is 5.32 Å². The molecule has 1 nitrogen and oxygen atoms in total. The lowest BCUT2D eigenvalue weighted by atomic mass is 10.1. The molecule has 0 saturated carbocycles. The Morgan fingerprint density at radius 1 is 0.800 bits per heavy atom. The second-order valence-corrected chi connectivity index (χ2v) is 3.94. The number of aryl methyl sites for hydroxylation is 1. The fraction of sp³-hybridized carbons (Fsp3) is 0.684. The van der Waals surface area contributed by atoms with Gasteiger partial charge in [-0.15, -0.1) is 0 Å². The highest BCUT2D eigenvalue weighted by atomic mass is 14.8. The zero-order valence-electron chi connectivity index (χ0n) is 15.1. The molecule has 0 bridgehead atoms. The summed E-state index contributed by atoms with van der Waals surface area (Å²) in [6.07, 6.45) is 5.06. The van der Waals surface area contributed by atoms with Crippen LogP contribution in [0.5, 0.6) is 0 Å². The third kappa shape index (κ3) is 22.4. The van der Waals surface area contributed by atoms with E-state index in [4.69, 9.17) is 0 Å². The molecule has 0 aromatic heterocycles. The summed E-state index contributed by atoms with van der Waals surface area (Å²) in [5, 5.41) is 3.25. The first-order valence-electron chi connectivity index (χ1n) is 8.59. The zero-order valence-corrected chi connectivity index (χ0v) is 15.1. The van der Waals surface area contributed by atoms with Crippen LogP contribution in [0.1, 0.15) is 73.3 Å². The van der Waals surface area contributed by atoms with Crippen LogP contribution >= 0.6 is 0 Å². The quantitative estimate of drug-likeness (QED) is 0.622. The normalized spacial score (nSPS) is 8.15. The first-order valence-corrected chi connectivity index (χ1v) is 8.59. The third-order valence-corrected chi connectivity index (χ3v) is 2.34. The number of benzene rings is 1. The van der Waals surface area contributed by atoms with Crippen LogP contribution in [0.25, 0.3) is 0 Å². The van der Waals surface area contributed by atoms with Crippen molar-refractivity contribution in [3.05, 3.63) is 35.9 Å². The van der Waals surface area contributed by atoms with E-state index in [1.54, 1.807) is 0 Å². The van der Waals surface area contributed by atoms with Gasteiger partial charge < -0.3 is 5.32 Å². The predicted molar refractivity (Wildman–Crippen MR) is 96.6 cm³/mol. The molecule has 1 N–H and O–H groups in total. The van der Waals surface area contributed by atoms with Crippen LogP contribution in [0, 0.1) is 0 Å². The molecular formula is C19H39N. The van der Waals surface area contributed by atoms with Crippen molar-refractivity contribution in [3.8, 4) is 0 Å². The first kappa shape index (κ1) is 24.2. The molecule has 0 spiro atoms. The number of hydrogen-bond donors (Lipinski definition) is 1. The molecule has 0 amide bonds. The van der Waals surface area contributed by atoms with Crippen LogP contribution in [-0.4, -0.2) is 13.1 Å². The highest BCUT2D eigenvalue weighted by Crippen LogP contribution is 2.00. The Balaban J connectivity index is -0.000000236. The van der Waals surface area contributed by atoms with Crippen molar-refractivity contribution in [3.63, 3.8) is 0 Å². The van der Waals surface area contributed by atoms with Crippen LogP contribution in [0.2, 0.25) is 0 Å². The van der Waals surface area contributed by atoms with E-state index >= 15 is 0 Å². The summed E-state index contributed by atoms with van der Waals surface area (Å²) < 4.78 is 0. The van der Waals surface area contributed by atoms with Gasteiger partial charge in [-0.25, -0.2) is 0 Å². The van der Waals surface area contributed by atoms with E-state index in [0.29, 0.717) is 0 Å². The van der Waals surface area contributed by atoms with Gasteiger partial charge >= 0.3 is 0 Å². The van der Waals surface area contributed by atoms with Crippen molar-refractivity contribution >= 4 is 0 Å². The number of rotatable bonds is 6. The van der Waals surface area contributed by atoms with Crippen LogP contribution in [-0.2, 0) is 6.42 Å². The summed E-state index contributed by atoms with van der Waals surface area (Å²) in [5.74, 6) is 0. The maximum atomic E-state index is 3.25. The second kappa shape index (κ2) is 26.7. The van der Waals surface area contributed by atoms with Gasteiger partial charge in [0.1, 0.15) is 0 Å². The molecule has 0 aliphatic rings. The molecule has 20 heavy (non-hydrogen) atoms. The molecule has 0 unspecified atom stereocenters. The molecule has 0 saturated heterocycles. The smallest absolute Gasteiger partial charge is 0.00491 e. The largest absolute Gasteiger partial charge is 0.317 e. The van der Waals surface area contributed by atoms with Crippen molar-refractivity contribution < 1.29 is 0 Å². The first-order chi connectivity index (χ1) is 9.85. The SMILES string of the molecule is CC.CC.CCCCNCC.CCCc1ccccc1. The minimum Gasteiger partial charge on any atom is -0.317 e. The van der Waals surface area contributed by atoms with E-state index in [9.17, 15) is 0 Å². The fourth-order valence-corrected chi connectivity index (χ4v) is 1.41. The topological polar surface area (TPSA) is 12.0 Å². The molecule has 0 atom stereocenters. The van der Waals surface area contributed by atoms with Gasteiger partial charge in [0, 0.05) is 0 Å². The van der Waals surface area contributed by atoms with Crippen molar-refractivity contribution in [1.29, 1.82) is 0 Å². The van der Waals surface area contributed by atoms with Crippen molar-refractivity contribution in [1.82, 2.24) is 5.32 Å². The lowest BCUT2D eigenvalue weighted by molar-refractivity contribution is 0.663. The maximum absolute atomic E-state index is 3.25. The average Bonchev–Trinajstić information content (AvgIpc) is 2.54. The van der Waals surface area contributed by atoms with Gasteiger partial charge in [0.05, 0.1) is 0 Å². The second-order valence-electron chi connectivity index (χ2n) is 3.94. The average molecular weight is 282 g/mol. The summed E-state index contributed by atoms with van der Waals surface area (Å²) in [6.45, 7) is 16.8. The standard InChI is InChI=1S/C9H12.C6H15N.2C2H6/c1-2-6-9-7-4-3-5-8-9;1-3-5-6-7-4-2;2*1-2/h3-5,7-8H,2,6H2,1H3;7H,3-6H2,1-2H3;2*1-2H3. The van der Waals surface area contributed by atoms with Gasteiger partial charge in [-0.05, 0) is 31.5 Å². The summed E-state index contributed by atoms with van der Waals surface area (Å²) in [4.78, 5) is 0. The Bertz CT molecular complexity index is 214. The molecule has 0 aliphatic heterocycles. The van der Waals surface area contributed by atoms with Gasteiger partial charge in [-0.2, -0.15) is 0 Å². The molecule has 0 radical (unpaired) electrons. The number of hydrogen-bond acceptors (Lipinski definition) is 1. The van der Waals surface area contributed by atoms with Crippen LogP contribution in [0.15, 0.2) is 30.3 Å². The zero-order chi connectivity index (χ0) is 16.1. The molecule has 120 valence electrons. The van der Waals surface area contributed by atoms with Gasteiger partial charge in [0.25, 0.3) is 0 Å². The molecule has 0 fully saturated rings. The summed E-state index contributed by atoms with van der Waals surface area (Å²) >= 11 is 0. The Hall–Kier alpha value is -0.820. The van der Waals surface area contributed by atoms with Gasteiger partial charge in [0.15, 0.2) is 0 Å². The van der Waals surface area contributed by atoms with Crippen molar-refractivity contribution in [2.75, 3.05) is 13.1 Å². The molecule has 1 aromatic rings. The fourth-order valence-electron chi connectivity index (χ4n) is 1.41. The molecule has 1 heteroatoms. The lowest BCUT2D eigenvalue weighted by Gasteiger charge is -1.95. The van der Waals surface area contributed by atoms with E-state index in [1.807, 2.05) is 27.7 Å².